The highest BCUT2D eigenvalue weighted by Gasteiger charge is 2.26. The standard InChI is InChI=1S/C17H22N2O3S/c1-2-18-10-5-11-19(13-12-18)23(20,21)22-17-9-8-15-6-3-4-7-16(15)14-17/h3-4,6-9,14H,2,5,10-13H2,1H3. The van der Waals surface area contributed by atoms with Crippen LogP contribution in [-0.2, 0) is 10.3 Å². The molecule has 1 fully saturated rings. The Labute approximate surface area is 137 Å². The summed E-state index contributed by atoms with van der Waals surface area (Å²) in [5, 5.41) is 2.03. The number of benzene rings is 2. The summed E-state index contributed by atoms with van der Waals surface area (Å²) in [6, 6.07) is 13.2. The second-order valence-corrected chi connectivity index (χ2v) is 7.28. The first-order valence-corrected chi connectivity index (χ1v) is 9.36. The van der Waals surface area contributed by atoms with E-state index in [9.17, 15) is 8.42 Å². The van der Waals surface area contributed by atoms with E-state index in [4.69, 9.17) is 4.18 Å². The van der Waals surface area contributed by atoms with Crippen molar-refractivity contribution in [3.63, 3.8) is 0 Å². The summed E-state index contributed by atoms with van der Waals surface area (Å²) in [7, 11) is -3.75. The van der Waals surface area contributed by atoms with E-state index in [0.29, 0.717) is 18.8 Å². The molecule has 1 aliphatic heterocycles. The number of nitrogens with zero attached hydrogens (tertiary/aromatic N) is 2. The van der Waals surface area contributed by atoms with Gasteiger partial charge in [-0.05, 0) is 42.4 Å². The van der Waals surface area contributed by atoms with Crippen molar-refractivity contribution in [1.82, 2.24) is 9.21 Å². The fourth-order valence-corrected chi connectivity index (χ4v) is 3.99. The van der Waals surface area contributed by atoms with E-state index in [2.05, 4.69) is 11.8 Å². The molecule has 6 heteroatoms. The lowest BCUT2D eigenvalue weighted by Gasteiger charge is -2.20. The second-order valence-electron chi connectivity index (χ2n) is 5.74. The van der Waals surface area contributed by atoms with E-state index in [1.807, 2.05) is 30.3 Å². The molecule has 5 nitrogen and oxygen atoms in total. The van der Waals surface area contributed by atoms with Gasteiger partial charge in [-0.15, -0.1) is 0 Å². The molecule has 2 aromatic carbocycles. The van der Waals surface area contributed by atoms with Crippen LogP contribution in [0.1, 0.15) is 13.3 Å². The third kappa shape index (κ3) is 3.83. The highest BCUT2D eigenvalue weighted by molar-refractivity contribution is 7.84. The van der Waals surface area contributed by atoms with Crippen molar-refractivity contribution in [1.29, 1.82) is 0 Å². The zero-order valence-corrected chi connectivity index (χ0v) is 14.1. The summed E-state index contributed by atoms with van der Waals surface area (Å²) in [5.41, 5.74) is 0. The Hall–Kier alpha value is -1.63. The van der Waals surface area contributed by atoms with Crippen LogP contribution >= 0.6 is 0 Å². The maximum absolute atomic E-state index is 12.5. The van der Waals surface area contributed by atoms with Gasteiger partial charge in [0.15, 0.2) is 0 Å². The topological polar surface area (TPSA) is 49.9 Å². The third-order valence-electron chi connectivity index (χ3n) is 4.23. The zero-order chi connectivity index (χ0) is 16.3. The molecule has 1 heterocycles. The molecular weight excluding hydrogens is 312 g/mol. The highest BCUT2D eigenvalue weighted by Crippen LogP contribution is 2.23. The number of rotatable bonds is 4. The van der Waals surface area contributed by atoms with Crippen LogP contribution in [-0.4, -0.2) is 50.3 Å². The van der Waals surface area contributed by atoms with Gasteiger partial charge in [-0.2, -0.15) is 12.7 Å². The monoisotopic (exact) mass is 334 g/mol. The molecule has 0 aliphatic carbocycles. The minimum atomic E-state index is -3.75. The van der Waals surface area contributed by atoms with Crippen LogP contribution in [0.25, 0.3) is 10.8 Å². The minimum absolute atomic E-state index is 0.361. The predicted octanol–water partition coefficient (Wildman–Crippen LogP) is 2.49. The zero-order valence-electron chi connectivity index (χ0n) is 13.3. The van der Waals surface area contributed by atoms with Crippen LogP contribution in [0.4, 0.5) is 0 Å². The molecule has 0 unspecified atom stereocenters. The van der Waals surface area contributed by atoms with E-state index in [1.165, 1.54) is 4.31 Å². The van der Waals surface area contributed by atoms with Gasteiger partial charge in [0.25, 0.3) is 0 Å². The van der Waals surface area contributed by atoms with Crippen LogP contribution in [0.15, 0.2) is 42.5 Å². The average Bonchev–Trinajstić information content (AvgIpc) is 2.80. The highest BCUT2D eigenvalue weighted by atomic mass is 32.2. The SMILES string of the molecule is CCN1CCCN(S(=O)(=O)Oc2ccc3ccccc3c2)CC1. The van der Waals surface area contributed by atoms with Crippen molar-refractivity contribution in [2.75, 3.05) is 32.7 Å². The molecule has 124 valence electrons. The molecule has 1 aliphatic rings. The van der Waals surface area contributed by atoms with Gasteiger partial charge in [-0.3, -0.25) is 0 Å². The largest absolute Gasteiger partial charge is 0.385 e. The maximum atomic E-state index is 12.5. The first-order valence-electron chi connectivity index (χ1n) is 7.99. The number of fused-ring (bicyclic) bond motifs is 1. The summed E-state index contributed by atoms with van der Waals surface area (Å²) >= 11 is 0. The first kappa shape index (κ1) is 16.2. The lowest BCUT2D eigenvalue weighted by Crippen LogP contribution is -2.37. The molecule has 0 bridgehead atoms. The lowest BCUT2D eigenvalue weighted by molar-refractivity contribution is 0.298. The fourth-order valence-electron chi connectivity index (χ4n) is 2.88. The summed E-state index contributed by atoms with van der Waals surface area (Å²) in [6.07, 6.45) is 0.828. The number of hydrogen-bond donors (Lipinski definition) is 0. The summed E-state index contributed by atoms with van der Waals surface area (Å²) in [4.78, 5) is 2.26. The smallest absolute Gasteiger partial charge is 0.371 e. The van der Waals surface area contributed by atoms with E-state index in [-0.39, 0.29) is 0 Å². The quantitative estimate of drug-likeness (QED) is 0.862. The summed E-state index contributed by atoms with van der Waals surface area (Å²) in [6.45, 7) is 5.70. The predicted molar refractivity (Wildman–Crippen MR) is 91.8 cm³/mol. The van der Waals surface area contributed by atoms with Crippen molar-refractivity contribution in [2.24, 2.45) is 0 Å². The van der Waals surface area contributed by atoms with E-state index in [0.717, 1.165) is 36.8 Å². The van der Waals surface area contributed by atoms with E-state index >= 15 is 0 Å². The Balaban J connectivity index is 1.76. The molecule has 3 rings (SSSR count). The molecule has 0 spiro atoms. The number of hydrogen-bond acceptors (Lipinski definition) is 4. The molecule has 23 heavy (non-hydrogen) atoms. The van der Waals surface area contributed by atoms with Gasteiger partial charge in [-0.25, -0.2) is 0 Å². The molecule has 0 radical (unpaired) electrons. The van der Waals surface area contributed by atoms with Crippen LogP contribution in [0.5, 0.6) is 5.75 Å². The molecule has 0 atom stereocenters. The van der Waals surface area contributed by atoms with Crippen molar-refractivity contribution in [2.45, 2.75) is 13.3 Å². The fraction of sp³-hybridized carbons (Fsp3) is 0.412. The number of likely N-dealkylation sites (N-methyl/N-ethyl adjacent to an activating group) is 1. The first-order chi connectivity index (χ1) is 11.1. The summed E-state index contributed by atoms with van der Waals surface area (Å²) in [5.74, 6) is 0.361. The Morgan fingerprint density at radius 2 is 1.78 bits per heavy atom. The van der Waals surface area contributed by atoms with Crippen LogP contribution in [0, 0.1) is 0 Å². The third-order valence-corrected chi connectivity index (χ3v) is 5.63. The Bertz CT molecular complexity index is 776. The Kier molecular flexibility index (Phi) is 4.84. The molecule has 0 aromatic heterocycles. The molecular formula is C17H22N2O3S. The van der Waals surface area contributed by atoms with Crippen LogP contribution in [0.3, 0.4) is 0 Å². The second kappa shape index (κ2) is 6.86. The van der Waals surface area contributed by atoms with Gasteiger partial charge in [0, 0.05) is 19.6 Å². The van der Waals surface area contributed by atoms with E-state index < -0.39 is 10.3 Å². The molecule has 1 saturated heterocycles. The molecule has 0 N–H and O–H groups in total. The van der Waals surface area contributed by atoms with Crippen molar-refractivity contribution >= 4 is 21.1 Å². The van der Waals surface area contributed by atoms with Crippen molar-refractivity contribution in [3.8, 4) is 5.75 Å². The van der Waals surface area contributed by atoms with Gasteiger partial charge < -0.3 is 9.08 Å². The van der Waals surface area contributed by atoms with Crippen molar-refractivity contribution < 1.29 is 12.6 Å². The molecule has 2 aromatic rings. The Morgan fingerprint density at radius 3 is 2.57 bits per heavy atom. The molecule has 0 saturated carbocycles. The Morgan fingerprint density at radius 1 is 1.00 bits per heavy atom. The van der Waals surface area contributed by atoms with E-state index in [1.54, 1.807) is 12.1 Å². The van der Waals surface area contributed by atoms with Gasteiger partial charge in [0.05, 0.1) is 0 Å². The van der Waals surface area contributed by atoms with Gasteiger partial charge in [0.1, 0.15) is 5.75 Å². The van der Waals surface area contributed by atoms with Gasteiger partial charge >= 0.3 is 10.3 Å². The molecule has 0 amide bonds. The van der Waals surface area contributed by atoms with Crippen LogP contribution < -0.4 is 4.18 Å². The van der Waals surface area contributed by atoms with Gasteiger partial charge in [-0.1, -0.05) is 37.3 Å². The maximum Gasteiger partial charge on any atom is 0.385 e. The lowest BCUT2D eigenvalue weighted by atomic mass is 10.1. The minimum Gasteiger partial charge on any atom is -0.371 e. The summed E-state index contributed by atoms with van der Waals surface area (Å²) < 4.78 is 31.8. The average molecular weight is 334 g/mol. The normalized spacial score (nSPS) is 18.0. The van der Waals surface area contributed by atoms with Crippen molar-refractivity contribution in [3.05, 3.63) is 42.5 Å². The van der Waals surface area contributed by atoms with Gasteiger partial charge in [0.2, 0.25) is 0 Å². The van der Waals surface area contributed by atoms with Crippen LogP contribution in [0.2, 0.25) is 0 Å².